The lowest BCUT2D eigenvalue weighted by atomic mass is 10.2. The summed E-state index contributed by atoms with van der Waals surface area (Å²) in [4.78, 5) is 9.14. The Morgan fingerprint density at radius 2 is 2.05 bits per heavy atom. The van der Waals surface area contributed by atoms with Gasteiger partial charge >= 0.3 is 0 Å². The van der Waals surface area contributed by atoms with Crippen molar-refractivity contribution in [2.24, 2.45) is 5.92 Å². The molecule has 19 heavy (non-hydrogen) atoms. The van der Waals surface area contributed by atoms with Crippen LogP contribution in [-0.2, 0) is 0 Å². The Balaban J connectivity index is 1.95. The van der Waals surface area contributed by atoms with E-state index in [1.807, 2.05) is 18.2 Å². The van der Waals surface area contributed by atoms with E-state index < -0.39 is 0 Å². The number of nitrogens with one attached hydrogen (secondary N) is 2. The van der Waals surface area contributed by atoms with E-state index in [-0.39, 0.29) is 0 Å². The van der Waals surface area contributed by atoms with E-state index >= 15 is 0 Å². The predicted octanol–water partition coefficient (Wildman–Crippen LogP) is 3.27. The number of hydrogen-bond acceptors (Lipinski definition) is 4. The van der Waals surface area contributed by atoms with Gasteiger partial charge in [-0.15, -0.1) is 0 Å². The highest BCUT2D eigenvalue weighted by Gasteiger charge is 2.35. The van der Waals surface area contributed by atoms with E-state index in [1.54, 1.807) is 0 Å². The average Bonchev–Trinajstić information content (AvgIpc) is 3.17. The summed E-state index contributed by atoms with van der Waals surface area (Å²) in [6, 6.07) is 8.75. The van der Waals surface area contributed by atoms with Crippen molar-refractivity contribution in [1.82, 2.24) is 9.97 Å². The van der Waals surface area contributed by atoms with Crippen LogP contribution in [0, 0.1) is 5.92 Å². The van der Waals surface area contributed by atoms with Gasteiger partial charge in [-0.05, 0) is 31.4 Å². The van der Waals surface area contributed by atoms with Crippen LogP contribution in [0.3, 0.4) is 0 Å². The molecule has 2 N–H and O–H groups in total. The normalized spacial score (nSPS) is 21.4. The smallest absolute Gasteiger partial charge is 0.225 e. The summed E-state index contributed by atoms with van der Waals surface area (Å²) in [6.07, 6.45) is 2.49. The second kappa shape index (κ2) is 5.03. The number of fused-ring (bicyclic) bond motifs is 1. The minimum atomic E-state index is 0.581. The molecule has 4 heteroatoms. The second-order valence-electron chi connectivity index (χ2n) is 5.10. The van der Waals surface area contributed by atoms with Crippen molar-refractivity contribution in [3.05, 3.63) is 24.3 Å². The molecule has 1 aliphatic carbocycles. The Bertz CT molecular complexity index is 581. The van der Waals surface area contributed by atoms with Crippen molar-refractivity contribution in [2.45, 2.75) is 32.7 Å². The van der Waals surface area contributed by atoms with Gasteiger partial charge in [0.1, 0.15) is 5.82 Å². The van der Waals surface area contributed by atoms with Crippen LogP contribution in [0.15, 0.2) is 24.3 Å². The van der Waals surface area contributed by atoms with E-state index in [1.165, 1.54) is 12.8 Å². The minimum absolute atomic E-state index is 0.581. The molecule has 2 aromatic rings. The van der Waals surface area contributed by atoms with Crippen molar-refractivity contribution < 1.29 is 0 Å². The average molecular weight is 256 g/mol. The van der Waals surface area contributed by atoms with Crippen LogP contribution in [0.2, 0.25) is 0 Å². The molecule has 1 saturated carbocycles. The molecule has 3 rings (SSSR count). The maximum Gasteiger partial charge on any atom is 0.225 e. The number of hydrogen-bond donors (Lipinski definition) is 2. The van der Waals surface area contributed by atoms with Crippen molar-refractivity contribution in [3.8, 4) is 0 Å². The summed E-state index contributed by atoms with van der Waals surface area (Å²) >= 11 is 0. The van der Waals surface area contributed by atoms with Crippen LogP contribution in [0.5, 0.6) is 0 Å². The van der Waals surface area contributed by atoms with Crippen molar-refractivity contribution in [1.29, 1.82) is 0 Å². The highest BCUT2D eigenvalue weighted by atomic mass is 15.2. The Labute approximate surface area is 113 Å². The third-order valence-corrected chi connectivity index (χ3v) is 3.71. The van der Waals surface area contributed by atoms with Gasteiger partial charge in [-0.25, -0.2) is 4.98 Å². The molecule has 0 bridgehead atoms. The van der Waals surface area contributed by atoms with E-state index in [0.29, 0.717) is 12.0 Å². The molecule has 0 radical (unpaired) electrons. The molecule has 100 valence electrons. The third-order valence-electron chi connectivity index (χ3n) is 3.71. The first kappa shape index (κ1) is 12.2. The first-order valence-electron chi connectivity index (χ1n) is 7.09. The topological polar surface area (TPSA) is 49.8 Å². The fourth-order valence-electron chi connectivity index (χ4n) is 2.47. The van der Waals surface area contributed by atoms with Crippen LogP contribution in [0.25, 0.3) is 10.9 Å². The molecule has 0 aliphatic heterocycles. The number of para-hydroxylation sites is 1. The highest BCUT2D eigenvalue weighted by molar-refractivity contribution is 5.90. The first-order chi connectivity index (χ1) is 9.31. The van der Waals surface area contributed by atoms with Crippen LogP contribution in [0.4, 0.5) is 11.8 Å². The van der Waals surface area contributed by atoms with Crippen LogP contribution in [0.1, 0.15) is 26.7 Å². The van der Waals surface area contributed by atoms with Crippen LogP contribution < -0.4 is 10.6 Å². The van der Waals surface area contributed by atoms with Gasteiger partial charge in [0.15, 0.2) is 0 Å². The second-order valence-corrected chi connectivity index (χ2v) is 5.10. The van der Waals surface area contributed by atoms with Gasteiger partial charge in [-0.2, -0.15) is 4.98 Å². The fourth-order valence-corrected chi connectivity index (χ4v) is 2.47. The lowest BCUT2D eigenvalue weighted by molar-refractivity contribution is 0.774. The van der Waals surface area contributed by atoms with Crippen molar-refractivity contribution in [3.63, 3.8) is 0 Å². The Hall–Kier alpha value is -1.84. The number of nitrogens with zero attached hydrogens (tertiary/aromatic N) is 2. The van der Waals surface area contributed by atoms with E-state index in [4.69, 9.17) is 0 Å². The molecule has 4 nitrogen and oxygen atoms in total. The van der Waals surface area contributed by atoms with Gasteiger partial charge in [-0.1, -0.05) is 25.5 Å². The molecule has 1 aromatic carbocycles. The van der Waals surface area contributed by atoms with Gasteiger partial charge in [0.05, 0.1) is 5.52 Å². The number of rotatable bonds is 5. The minimum Gasteiger partial charge on any atom is -0.366 e. The van der Waals surface area contributed by atoms with Gasteiger partial charge in [0.25, 0.3) is 0 Å². The SMILES string of the molecule is CCNc1nc(NC2CC2CC)c2ccccc2n1. The highest BCUT2D eigenvalue weighted by Crippen LogP contribution is 2.37. The largest absolute Gasteiger partial charge is 0.366 e. The summed E-state index contributed by atoms with van der Waals surface area (Å²) in [5.41, 5.74) is 0.990. The lowest BCUT2D eigenvalue weighted by Crippen LogP contribution is -2.10. The summed E-state index contributed by atoms with van der Waals surface area (Å²) in [5.74, 6) is 2.47. The van der Waals surface area contributed by atoms with Crippen LogP contribution in [-0.4, -0.2) is 22.6 Å². The Kier molecular flexibility index (Phi) is 3.23. The number of anilines is 2. The van der Waals surface area contributed by atoms with E-state index in [9.17, 15) is 0 Å². The van der Waals surface area contributed by atoms with Gasteiger partial charge in [0.2, 0.25) is 5.95 Å². The quantitative estimate of drug-likeness (QED) is 0.862. The molecule has 2 atom stereocenters. The standard InChI is InChI=1S/C15H20N4/c1-3-10-9-13(10)17-14-11-7-5-6-8-12(11)18-15(19-14)16-4-2/h5-8,10,13H,3-4,9H2,1-2H3,(H2,16,17,18,19). The summed E-state index contributed by atoms with van der Waals surface area (Å²) in [7, 11) is 0. The first-order valence-corrected chi connectivity index (χ1v) is 7.09. The lowest BCUT2D eigenvalue weighted by Gasteiger charge is -2.11. The maximum atomic E-state index is 4.61. The Morgan fingerprint density at radius 1 is 1.21 bits per heavy atom. The third kappa shape index (κ3) is 2.48. The van der Waals surface area contributed by atoms with E-state index in [2.05, 4.69) is 40.5 Å². The molecule has 1 fully saturated rings. The number of aromatic nitrogens is 2. The maximum absolute atomic E-state index is 4.61. The molecule has 1 aliphatic rings. The Morgan fingerprint density at radius 3 is 2.79 bits per heavy atom. The van der Waals surface area contributed by atoms with Crippen molar-refractivity contribution >= 4 is 22.7 Å². The monoisotopic (exact) mass is 256 g/mol. The molecular weight excluding hydrogens is 236 g/mol. The zero-order chi connectivity index (χ0) is 13.2. The molecule has 0 saturated heterocycles. The fraction of sp³-hybridized carbons (Fsp3) is 0.467. The predicted molar refractivity (Wildman–Crippen MR) is 79.5 cm³/mol. The zero-order valence-electron chi connectivity index (χ0n) is 11.5. The van der Waals surface area contributed by atoms with E-state index in [0.717, 1.165) is 29.2 Å². The van der Waals surface area contributed by atoms with Crippen molar-refractivity contribution in [2.75, 3.05) is 17.2 Å². The summed E-state index contributed by atoms with van der Waals surface area (Å²) < 4.78 is 0. The summed E-state index contributed by atoms with van der Waals surface area (Å²) in [6.45, 7) is 5.13. The molecule has 0 amide bonds. The zero-order valence-corrected chi connectivity index (χ0v) is 11.5. The van der Waals surface area contributed by atoms with Crippen LogP contribution >= 0.6 is 0 Å². The van der Waals surface area contributed by atoms with Gasteiger partial charge in [-0.3, -0.25) is 0 Å². The molecule has 1 aromatic heterocycles. The molecule has 1 heterocycles. The van der Waals surface area contributed by atoms with Gasteiger partial charge in [0, 0.05) is 18.0 Å². The molecular formula is C15H20N4. The molecule has 0 spiro atoms. The van der Waals surface area contributed by atoms with Gasteiger partial charge < -0.3 is 10.6 Å². The summed E-state index contributed by atoms with van der Waals surface area (Å²) in [5, 5.41) is 7.87. The molecule has 2 unspecified atom stereocenters. The number of benzene rings is 1.